The maximum atomic E-state index is 13.2. The molecule has 2 aromatic rings. The SMILES string of the molecule is CCOC(=O)c1c(C)[nH]c(C(=O)[C@H](C)OC(=O)Cc2cccc(F)c2)c1C. The third-order valence-electron chi connectivity index (χ3n) is 4.08. The van der Waals surface area contributed by atoms with E-state index in [0.29, 0.717) is 22.4 Å². The van der Waals surface area contributed by atoms with Crippen molar-refractivity contribution in [3.63, 3.8) is 0 Å². The monoisotopic (exact) mass is 375 g/mol. The van der Waals surface area contributed by atoms with E-state index in [1.54, 1.807) is 26.8 Å². The molecule has 0 bridgehead atoms. The number of carbonyl (C=O) groups is 3. The molecule has 0 aliphatic heterocycles. The molecule has 0 amide bonds. The highest BCUT2D eigenvalue weighted by Crippen LogP contribution is 2.21. The molecule has 0 unspecified atom stereocenters. The second kappa shape index (κ2) is 8.62. The highest BCUT2D eigenvalue weighted by Gasteiger charge is 2.27. The molecule has 6 nitrogen and oxygen atoms in total. The van der Waals surface area contributed by atoms with Crippen molar-refractivity contribution in [2.45, 2.75) is 40.2 Å². The van der Waals surface area contributed by atoms with Crippen LogP contribution in [0, 0.1) is 19.7 Å². The third kappa shape index (κ3) is 4.81. The summed E-state index contributed by atoms with van der Waals surface area (Å²) < 4.78 is 23.4. The van der Waals surface area contributed by atoms with E-state index in [0.717, 1.165) is 0 Å². The number of H-pyrrole nitrogens is 1. The average Bonchev–Trinajstić information content (AvgIpc) is 2.88. The van der Waals surface area contributed by atoms with Crippen molar-refractivity contribution in [3.8, 4) is 0 Å². The minimum absolute atomic E-state index is 0.147. The Hall–Kier alpha value is -2.96. The number of carbonyl (C=O) groups excluding carboxylic acids is 3. The van der Waals surface area contributed by atoms with E-state index >= 15 is 0 Å². The van der Waals surface area contributed by atoms with E-state index in [4.69, 9.17) is 9.47 Å². The molecular weight excluding hydrogens is 353 g/mol. The Bertz CT molecular complexity index is 871. The van der Waals surface area contributed by atoms with Gasteiger partial charge in [0.05, 0.1) is 24.3 Å². The maximum Gasteiger partial charge on any atom is 0.340 e. The van der Waals surface area contributed by atoms with Gasteiger partial charge in [0.15, 0.2) is 6.10 Å². The van der Waals surface area contributed by atoms with Crippen LogP contribution in [0.15, 0.2) is 24.3 Å². The van der Waals surface area contributed by atoms with Crippen molar-refractivity contribution in [2.75, 3.05) is 6.61 Å². The minimum atomic E-state index is -1.06. The second-order valence-corrected chi connectivity index (χ2v) is 6.15. The largest absolute Gasteiger partial charge is 0.462 e. The molecule has 1 atom stereocenters. The van der Waals surface area contributed by atoms with E-state index < -0.39 is 29.6 Å². The van der Waals surface area contributed by atoms with Crippen LogP contribution in [0.2, 0.25) is 0 Å². The summed E-state index contributed by atoms with van der Waals surface area (Å²) in [5.74, 6) is -2.07. The van der Waals surface area contributed by atoms with Crippen LogP contribution in [0.3, 0.4) is 0 Å². The number of benzene rings is 1. The predicted molar refractivity (Wildman–Crippen MR) is 96.2 cm³/mol. The number of halogens is 1. The molecule has 2 rings (SSSR count). The zero-order chi connectivity index (χ0) is 20.1. The molecule has 1 aromatic carbocycles. The van der Waals surface area contributed by atoms with Gasteiger partial charge in [-0.25, -0.2) is 9.18 Å². The van der Waals surface area contributed by atoms with E-state index in [1.807, 2.05) is 0 Å². The van der Waals surface area contributed by atoms with Gasteiger partial charge in [0.2, 0.25) is 5.78 Å². The van der Waals surface area contributed by atoms with Crippen LogP contribution in [0.1, 0.15) is 51.5 Å². The molecule has 1 aromatic heterocycles. The molecule has 7 heteroatoms. The van der Waals surface area contributed by atoms with Gasteiger partial charge in [-0.1, -0.05) is 12.1 Å². The van der Waals surface area contributed by atoms with Gasteiger partial charge >= 0.3 is 11.9 Å². The molecule has 1 heterocycles. The van der Waals surface area contributed by atoms with Gasteiger partial charge in [-0.3, -0.25) is 9.59 Å². The molecule has 27 heavy (non-hydrogen) atoms. The van der Waals surface area contributed by atoms with Crippen molar-refractivity contribution in [3.05, 3.63) is 58.2 Å². The lowest BCUT2D eigenvalue weighted by Gasteiger charge is -2.12. The zero-order valence-electron chi connectivity index (χ0n) is 15.7. The lowest BCUT2D eigenvalue weighted by Crippen LogP contribution is -2.26. The summed E-state index contributed by atoms with van der Waals surface area (Å²) >= 11 is 0. The molecule has 0 fully saturated rings. The molecule has 0 saturated heterocycles. The minimum Gasteiger partial charge on any atom is -0.462 e. The first-order chi connectivity index (χ1) is 12.7. The Morgan fingerprint density at radius 1 is 1.22 bits per heavy atom. The quantitative estimate of drug-likeness (QED) is 0.593. The summed E-state index contributed by atoms with van der Waals surface area (Å²) in [4.78, 5) is 39.6. The van der Waals surface area contributed by atoms with Gasteiger partial charge in [0.1, 0.15) is 5.82 Å². The van der Waals surface area contributed by atoms with Crippen molar-refractivity contribution >= 4 is 17.7 Å². The number of esters is 2. The van der Waals surface area contributed by atoms with Gasteiger partial charge in [-0.15, -0.1) is 0 Å². The zero-order valence-corrected chi connectivity index (χ0v) is 15.7. The maximum absolute atomic E-state index is 13.2. The van der Waals surface area contributed by atoms with E-state index in [2.05, 4.69) is 4.98 Å². The van der Waals surface area contributed by atoms with Gasteiger partial charge < -0.3 is 14.5 Å². The molecular formula is C20H22FNO5. The molecule has 0 spiro atoms. The fraction of sp³-hybridized carbons (Fsp3) is 0.350. The van der Waals surface area contributed by atoms with E-state index in [9.17, 15) is 18.8 Å². The molecule has 0 radical (unpaired) electrons. The Morgan fingerprint density at radius 2 is 1.93 bits per heavy atom. The molecule has 0 saturated carbocycles. The first-order valence-corrected chi connectivity index (χ1v) is 8.59. The summed E-state index contributed by atoms with van der Waals surface area (Å²) in [6, 6.07) is 5.60. The molecule has 0 aliphatic rings. The number of nitrogens with one attached hydrogen (secondary N) is 1. The molecule has 0 aliphatic carbocycles. The van der Waals surface area contributed by atoms with Crippen LogP contribution in [-0.4, -0.2) is 35.4 Å². The van der Waals surface area contributed by atoms with E-state index in [-0.39, 0.29) is 18.7 Å². The van der Waals surface area contributed by atoms with Crippen molar-refractivity contribution in [2.24, 2.45) is 0 Å². The fourth-order valence-corrected chi connectivity index (χ4v) is 2.82. The number of ether oxygens (including phenoxy) is 2. The van der Waals surface area contributed by atoms with Crippen molar-refractivity contribution < 1.29 is 28.2 Å². The Kier molecular flexibility index (Phi) is 6.50. The van der Waals surface area contributed by atoms with Gasteiger partial charge in [-0.05, 0) is 51.0 Å². The van der Waals surface area contributed by atoms with Crippen LogP contribution in [-0.2, 0) is 20.7 Å². The number of hydrogen-bond donors (Lipinski definition) is 1. The summed E-state index contributed by atoms with van der Waals surface area (Å²) in [7, 11) is 0. The van der Waals surface area contributed by atoms with E-state index in [1.165, 1.54) is 25.1 Å². The standard InChI is InChI=1S/C20H22FNO5/c1-5-26-20(25)17-11(2)18(22-12(17)3)19(24)13(4)27-16(23)10-14-7-6-8-15(21)9-14/h6-9,13,22H,5,10H2,1-4H3/t13-/m0/s1. The van der Waals surface area contributed by atoms with Crippen LogP contribution in [0.25, 0.3) is 0 Å². The highest BCUT2D eigenvalue weighted by molar-refractivity contribution is 6.04. The van der Waals surface area contributed by atoms with Gasteiger partial charge in [-0.2, -0.15) is 0 Å². The number of Topliss-reactive ketones (excluding diaryl/α,β-unsaturated/α-hetero) is 1. The van der Waals surface area contributed by atoms with Gasteiger partial charge in [0.25, 0.3) is 0 Å². The molecule has 144 valence electrons. The Balaban J connectivity index is 2.10. The number of aryl methyl sites for hydroxylation is 1. The average molecular weight is 375 g/mol. The van der Waals surface area contributed by atoms with Crippen molar-refractivity contribution in [1.29, 1.82) is 0 Å². The lowest BCUT2D eigenvalue weighted by atomic mass is 10.1. The number of hydrogen-bond acceptors (Lipinski definition) is 5. The Morgan fingerprint density at radius 3 is 2.56 bits per heavy atom. The smallest absolute Gasteiger partial charge is 0.340 e. The van der Waals surface area contributed by atoms with Crippen molar-refractivity contribution in [1.82, 2.24) is 4.98 Å². The highest BCUT2D eigenvalue weighted by atomic mass is 19.1. The van der Waals surface area contributed by atoms with Crippen LogP contribution in [0.5, 0.6) is 0 Å². The number of ketones is 1. The fourth-order valence-electron chi connectivity index (χ4n) is 2.82. The van der Waals surface area contributed by atoms with Crippen LogP contribution < -0.4 is 0 Å². The summed E-state index contributed by atoms with van der Waals surface area (Å²) in [6.45, 7) is 6.66. The first kappa shape index (κ1) is 20.4. The number of rotatable bonds is 7. The summed E-state index contributed by atoms with van der Waals surface area (Å²) in [5, 5.41) is 0. The predicted octanol–water partition coefficient (Wildman–Crippen LogP) is 3.30. The van der Waals surface area contributed by atoms with Gasteiger partial charge in [0, 0.05) is 5.69 Å². The second-order valence-electron chi connectivity index (χ2n) is 6.15. The topological polar surface area (TPSA) is 85.5 Å². The first-order valence-electron chi connectivity index (χ1n) is 8.59. The van der Waals surface area contributed by atoms with Crippen LogP contribution >= 0.6 is 0 Å². The third-order valence-corrected chi connectivity index (χ3v) is 4.08. The summed E-state index contributed by atoms with van der Waals surface area (Å²) in [6.07, 6.45) is -1.20. The number of aromatic amines is 1. The van der Waals surface area contributed by atoms with Crippen LogP contribution in [0.4, 0.5) is 4.39 Å². The number of aromatic nitrogens is 1. The Labute approximate surface area is 156 Å². The lowest BCUT2D eigenvalue weighted by molar-refractivity contribution is -0.145. The normalized spacial score (nSPS) is 11.7. The summed E-state index contributed by atoms with van der Waals surface area (Å²) in [5.41, 5.74) is 1.91. The molecule has 1 N–H and O–H groups in total.